The summed E-state index contributed by atoms with van der Waals surface area (Å²) in [6, 6.07) is 7.49. The number of ether oxygens (including phenoxy) is 1. The Balaban J connectivity index is 2.19. The molecule has 0 aliphatic heterocycles. The number of rotatable bonds is 3. The van der Waals surface area contributed by atoms with Crippen LogP contribution in [0.15, 0.2) is 24.3 Å². The van der Waals surface area contributed by atoms with Crippen LogP contribution in [0.2, 0.25) is 5.02 Å². The van der Waals surface area contributed by atoms with Gasteiger partial charge in [-0.05, 0) is 45.4 Å². The summed E-state index contributed by atoms with van der Waals surface area (Å²) in [6.07, 6.45) is 0. The molecule has 0 bridgehead atoms. The minimum absolute atomic E-state index is 0.243. The highest BCUT2D eigenvalue weighted by molar-refractivity contribution is 6.30. The van der Waals surface area contributed by atoms with Crippen LogP contribution >= 0.6 is 11.6 Å². The Kier molecular flexibility index (Phi) is 4.32. The second kappa shape index (κ2) is 5.85. The molecule has 1 aromatic heterocycles. The molecule has 0 saturated heterocycles. The molecule has 0 radical (unpaired) electrons. The highest BCUT2D eigenvalue weighted by atomic mass is 35.5. The van der Waals surface area contributed by atoms with Gasteiger partial charge in [0.15, 0.2) is 5.69 Å². The minimum Gasteiger partial charge on any atom is -0.455 e. The van der Waals surface area contributed by atoms with Gasteiger partial charge in [0.25, 0.3) is 0 Å². The van der Waals surface area contributed by atoms with Crippen LogP contribution in [0.25, 0.3) is 0 Å². The second-order valence-electron chi connectivity index (χ2n) is 5.81. The van der Waals surface area contributed by atoms with Crippen molar-refractivity contribution in [3.05, 3.63) is 46.2 Å². The summed E-state index contributed by atoms with van der Waals surface area (Å²) in [5, 5.41) is 8.60. The SMILES string of the molecule is Cc1c(C(=O)OC(C)(C)C)nnn1Cc1cccc(Cl)c1. The van der Waals surface area contributed by atoms with Gasteiger partial charge in [-0.2, -0.15) is 0 Å². The van der Waals surface area contributed by atoms with Crippen molar-refractivity contribution in [2.45, 2.75) is 39.8 Å². The maximum atomic E-state index is 12.0. The highest BCUT2D eigenvalue weighted by Crippen LogP contribution is 2.15. The number of benzene rings is 1. The van der Waals surface area contributed by atoms with E-state index in [1.807, 2.05) is 45.0 Å². The van der Waals surface area contributed by atoms with E-state index in [0.717, 1.165) is 5.56 Å². The molecule has 1 aromatic carbocycles. The van der Waals surface area contributed by atoms with Gasteiger partial charge in [-0.3, -0.25) is 0 Å². The first-order valence-corrected chi connectivity index (χ1v) is 7.02. The topological polar surface area (TPSA) is 57.0 Å². The van der Waals surface area contributed by atoms with E-state index in [1.165, 1.54) is 0 Å². The van der Waals surface area contributed by atoms with Crippen molar-refractivity contribution in [3.63, 3.8) is 0 Å². The number of halogens is 1. The number of carbonyl (C=O) groups excluding carboxylic acids is 1. The molecule has 6 heteroatoms. The fourth-order valence-corrected chi connectivity index (χ4v) is 2.05. The summed E-state index contributed by atoms with van der Waals surface area (Å²) in [5.74, 6) is -0.461. The first-order valence-electron chi connectivity index (χ1n) is 6.64. The lowest BCUT2D eigenvalue weighted by molar-refractivity contribution is 0.00619. The van der Waals surface area contributed by atoms with Crippen LogP contribution in [0.1, 0.15) is 42.5 Å². The first kappa shape index (κ1) is 15.5. The molecule has 0 aliphatic rings. The van der Waals surface area contributed by atoms with E-state index >= 15 is 0 Å². The van der Waals surface area contributed by atoms with Crippen LogP contribution in [-0.2, 0) is 11.3 Å². The second-order valence-corrected chi connectivity index (χ2v) is 6.25. The van der Waals surface area contributed by atoms with E-state index in [0.29, 0.717) is 17.3 Å². The van der Waals surface area contributed by atoms with Crippen molar-refractivity contribution in [2.75, 3.05) is 0 Å². The fourth-order valence-electron chi connectivity index (χ4n) is 1.83. The van der Waals surface area contributed by atoms with E-state index in [1.54, 1.807) is 11.6 Å². The van der Waals surface area contributed by atoms with Crippen molar-refractivity contribution in [1.29, 1.82) is 0 Å². The number of esters is 1. The fraction of sp³-hybridized carbons (Fsp3) is 0.400. The number of hydrogen-bond donors (Lipinski definition) is 0. The Bertz CT molecular complexity index is 659. The maximum absolute atomic E-state index is 12.0. The minimum atomic E-state index is -0.555. The van der Waals surface area contributed by atoms with Crippen LogP contribution in [0, 0.1) is 6.92 Å². The van der Waals surface area contributed by atoms with E-state index in [9.17, 15) is 4.79 Å². The highest BCUT2D eigenvalue weighted by Gasteiger charge is 2.23. The van der Waals surface area contributed by atoms with E-state index in [-0.39, 0.29) is 5.69 Å². The van der Waals surface area contributed by atoms with E-state index in [2.05, 4.69) is 10.3 Å². The van der Waals surface area contributed by atoms with E-state index in [4.69, 9.17) is 16.3 Å². The van der Waals surface area contributed by atoms with Crippen molar-refractivity contribution in [3.8, 4) is 0 Å². The average molecular weight is 308 g/mol. The average Bonchev–Trinajstić information content (AvgIpc) is 2.69. The molecule has 0 unspecified atom stereocenters. The van der Waals surface area contributed by atoms with Crippen molar-refractivity contribution in [2.24, 2.45) is 0 Å². The zero-order chi connectivity index (χ0) is 15.6. The monoisotopic (exact) mass is 307 g/mol. The third kappa shape index (κ3) is 4.04. The zero-order valence-corrected chi connectivity index (χ0v) is 13.3. The summed E-state index contributed by atoms with van der Waals surface area (Å²) in [4.78, 5) is 12.0. The molecule has 0 amide bonds. The molecule has 0 atom stereocenters. The van der Waals surface area contributed by atoms with Gasteiger partial charge in [-0.25, -0.2) is 9.48 Å². The summed E-state index contributed by atoms with van der Waals surface area (Å²) in [7, 11) is 0. The van der Waals surface area contributed by atoms with Gasteiger partial charge in [0.2, 0.25) is 0 Å². The lowest BCUT2D eigenvalue weighted by Crippen LogP contribution is -2.24. The number of aromatic nitrogens is 3. The molecule has 0 saturated carbocycles. The standard InChI is InChI=1S/C15H18ClN3O2/c1-10-13(14(20)21-15(2,3)4)17-18-19(10)9-11-6-5-7-12(16)8-11/h5-8H,9H2,1-4H3. The number of nitrogens with zero attached hydrogens (tertiary/aromatic N) is 3. The third-order valence-corrected chi connectivity index (χ3v) is 3.03. The Hall–Kier alpha value is -1.88. The molecule has 1 heterocycles. The molecule has 0 fully saturated rings. The maximum Gasteiger partial charge on any atom is 0.361 e. The van der Waals surface area contributed by atoms with Crippen molar-refractivity contribution >= 4 is 17.6 Å². The molecule has 0 spiro atoms. The molecule has 0 N–H and O–H groups in total. The zero-order valence-electron chi connectivity index (χ0n) is 12.6. The Morgan fingerprint density at radius 2 is 2.10 bits per heavy atom. The normalized spacial score (nSPS) is 11.5. The lowest BCUT2D eigenvalue weighted by atomic mass is 10.2. The molecular formula is C15H18ClN3O2. The number of hydrogen-bond acceptors (Lipinski definition) is 4. The van der Waals surface area contributed by atoms with Crippen LogP contribution in [0.3, 0.4) is 0 Å². The molecule has 0 aliphatic carbocycles. The smallest absolute Gasteiger partial charge is 0.361 e. The van der Waals surface area contributed by atoms with Gasteiger partial charge < -0.3 is 4.74 Å². The third-order valence-electron chi connectivity index (χ3n) is 2.80. The van der Waals surface area contributed by atoms with Gasteiger partial charge in [0.1, 0.15) is 5.60 Å². The largest absolute Gasteiger partial charge is 0.455 e. The van der Waals surface area contributed by atoms with Crippen molar-refractivity contribution < 1.29 is 9.53 Å². The molecule has 2 aromatic rings. The quantitative estimate of drug-likeness (QED) is 0.817. The number of carbonyl (C=O) groups is 1. The summed E-state index contributed by atoms with van der Waals surface area (Å²) in [5.41, 5.74) is 1.35. The van der Waals surface area contributed by atoms with E-state index < -0.39 is 11.6 Å². The summed E-state index contributed by atoms with van der Waals surface area (Å²) in [6.45, 7) is 7.75. The lowest BCUT2D eigenvalue weighted by Gasteiger charge is -2.18. The van der Waals surface area contributed by atoms with Crippen LogP contribution in [0.5, 0.6) is 0 Å². The summed E-state index contributed by atoms with van der Waals surface area (Å²) >= 11 is 5.96. The Morgan fingerprint density at radius 1 is 1.38 bits per heavy atom. The Labute approximate surface area is 128 Å². The molecular weight excluding hydrogens is 290 g/mol. The molecule has 112 valence electrons. The summed E-state index contributed by atoms with van der Waals surface area (Å²) < 4.78 is 6.97. The van der Waals surface area contributed by atoms with Gasteiger partial charge in [0, 0.05) is 5.02 Å². The van der Waals surface area contributed by atoms with Crippen LogP contribution in [0.4, 0.5) is 0 Å². The van der Waals surface area contributed by atoms with Gasteiger partial charge in [0.05, 0.1) is 12.2 Å². The van der Waals surface area contributed by atoms with Gasteiger partial charge >= 0.3 is 5.97 Å². The van der Waals surface area contributed by atoms with Gasteiger partial charge in [-0.1, -0.05) is 28.9 Å². The van der Waals surface area contributed by atoms with Crippen LogP contribution in [-0.4, -0.2) is 26.6 Å². The van der Waals surface area contributed by atoms with Crippen LogP contribution < -0.4 is 0 Å². The van der Waals surface area contributed by atoms with Crippen molar-refractivity contribution in [1.82, 2.24) is 15.0 Å². The molecule has 5 nitrogen and oxygen atoms in total. The first-order chi connectivity index (χ1) is 9.76. The van der Waals surface area contributed by atoms with Gasteiger partial charge in [-0.15, -0.1) is 5.10 Å². The predicted octanol–water partition coefficient (Wildman–Crippen LogP) is 3.24. The Morgan fingerprint density at radius 3 is 2.71 bits per heavy atom. The molecule has 2 rings (SSSR count). The molecule has 21 heavy (non-hydrogen) atoms. The predicted molar refractivity (Wildman–Crippen MR) is 80.5 cm³/mol.